The molecule has 56 valence electrons. The Bertz CT molecular complexity index is 260. The van der Waals surface area contributed by atoms with Crippen LogP contribution in [-0.2, 0) is 0 Å². The third kappa shape index (κ3) is 2.26. The highest BCUT2D eigenvalue weighted by molar-refractivity contribution is 5.34. The molecule has 1 N–H and O–H groups in total. The van der Waals surface area contributed by atoms with Crippen molar-refractivity contribution in [1.82, 2.24) is 4.98 Å². The Morgan fingerprint density at radius 2 is 2.45 bits per heavy atom. The lowest BCUT2D eigenvalue weighted by atomic mass is 10.4. The van der Waals surface area contributed by atoms with Crippen molar-refractivity contribution in [2.24, 2.45) is 0 Å². The molecule has 1 rings (SSSR count). The van der Waals surface area contributed by atoms with Gasteiger partial charge in [-0.2, -0.15) is 0 Å². The molecule has 0 fully saturated rings. The van der Waals surface area contributed by atoms with Crippen LogP contribution in [0, 0.1) is 18.2 Å². The van der Waals surface area contributed by atoms with Gasteiger partial charge in [-0.1, -0.05) is 5.92 Å². The van der Waals surface area contributed by atoms with Crippen LogP contribution in [0.15, 0.2) is 18.3 Å². The molecule has 1 aromatic rings. The van der Waals surface area contributed by atoms with E-state index in [-0.39, 0.29) is 5.82 Å². The normalized spacial score (nSPS) is 8.73. The zero-order valence-electron chi connectivity index (χ0n) is 5.84. The SMILES string of the molecule is C#CCNc1ccc(F)cn1. The van der Waals surface area contributed by atoms with Crippen molar-refractivity contribution in [3.05, 3.63) is 24.1 Å². The van der Waals surface area contributed by atoms with Crippen molar-refractivity contribution < 1.29 is 4.39 Å². The predicted octanol–water partition coefficient (Wildman–Crippen LogP) is 1.27. The molecule has 1 aromatic heterocycles. The molecule has 0 bridgehead atoms. The van der Waals surface area contributed by atoms with Gasteiger partial charge in [-0.25, -0.2) is 9.37 Å². The molecular formula is C8H7FN2. The van der Waals surface area contributed by atoms with Crippen LogP contribution in [0.25, 0.3) is 0 Å². The maximum atomic E-state index is 12.3. The average molecular weight is 150 g/mol. The van der Waals surface area contributed by atoms with Crippen LogP contribution < -0.4 is 5.32 Å². The maximum absolute atomic E-state index is 12.3. The van der Waals surface area contributed by atoms with E-state index in [0.717, 1.165) is 6.20 Å². The Labute approximate surface area is 64.5 Å². The van der Waals surface area contributed by atoms with E-state index in [1.54, 1.807) is 0 Å². The topological polar surface area (TPSA) is 24.9 Å². The van der Waals surface area contributed by atoms with Gasteiger partial charge in [-0.15, -0.1) is 6.42 Å². The lowest BCUT2D eigenvalue weighted by molar-refractivity contribution is 0.622. The fourth-order valence-electron chi connectivity index (χ4n) is 0.622. The number of nitrogens with one attached hydrogen (secondary N) is 1. The van der Waals surface area contributed by atoms with Gasteiger partial charge >= 0.3 is 0 Å². The lowest BCUT2D eigenvalue weighted by Gasteiger charge is -1.98. The fraction of sp³-hybridized carbons (Fsp3) is 0.125. The first-order valence-electron chi connectivity index (χ1n) is 3.12. The number of halogens is 1. The zero-order chi connectivity index (χ0) is 8.10. The number of anilines is 1. The molecule has 0 aliphatic rings. The molecule has 11 heavy (non-hydrogen) atoms. The Morgan fingerprint density at radius 3 is 3.00 bits per heavy atom. The van der Waals surface area contributed by atoms with Crippen molar-refractivity contribution in [1.29, 1.82) is 0 Å². The summed E-state index contributed by atoms with van der Waals surface area (Å²) in [6.45, 7) is 0.401. The Balaban J connectivity index is 2.60. The van der Waals surface area contributed by atoms with E-state index < -0.39 is 0 Å². The number of terminal acetylenes is 1. The van der Waals surface area contributed by atoms with Gasteiger partial charge in [0.1, 0.15) is 11.6 Å². The van der Waals surface area contributed by atoms with Crippen LogP contribution in [-0.4, -0.2) is 11.5 Å². The van der Waals surface area contributed by atoms with E-state index in [2.05, 4.69) is 16.2 Å². The largest absolute Gasteiger partial charge is 0.359 e. The van der Waals surface area contributed by atoms with Gasteiger partial charge in [0.15, 0.2) is 0 Å². The summed E-state index contributed by atoms with van der Waals surface area (Å²) in [5.41, 5.74) is 0. The molecule has 0 aromatic carbocycles. The molecule has 0 saturated carbocycles. The first kappa shape index (κ1) is 7.55. The van der Waals surface area contributed by atoms with Crippen molar-refractivity contribution in [2.45, 2.75) is 0 Å². The Kier molecular flexibility index (Phi) is 2.45. The van der Waals surface area contributed by atoms with Crippen LogP contribution in [0.3, 0.4) is 0 Å². The molecule has 1 heterocycles. The molecule has 3 heteroatoms. The molecule has 0 saturated heterocycles. The van der Waals surface area contributed by atoms with Crippen LogP contribution in [0.1, 0.15) is 0 Å². The minimum absolute atomic E-state index is 0.351. The van der Waals surface area contributed by atoms with Crippen molar-refractivity contribution in [3.8, 4) is 12.3 Å². The lowest BCUT2D eigenvalue weighted by Crippen LogP contribution is -1.99. The summed E-state index contributed by atoms with van der Waals surface area (Å²) >= 11 is 0. The third-order valence-electron chi connectivity index (χ3n) is 1.10. The minimum atomic E-state index is -0.351. The second kappa shape index (κ2) is 3.57. The summed E-state index contributed by atoms with van der Waals surface area (Å²) < 4.78 is 12.3. The summed E-state index contributed by atoms with van der Waals surface area (Å²) in [5.74, 6) is 2.62. The second-order valence-corrected chi connectivity index (χ2v) is 1.92. The number of rotatable bonds is 2. The summed E-state index contributed by atoms with van der Waals surface area (Å²) in [7, 11) is 0. The van der Waals surface area contributed by atoms with Gasteiger partial charge in [-0.05, 0) is 12.1 Å². The van der Waals surface area contributed by atoms with Gasteiger partial charge in [0.25, 0.3) is 0 Å². The van der Waals surface area contributed by atoms with E-state index in [0.29, 0.717) is 12.4 Å². The van der Waals surface area contributed by atoms with Crippen LogP contribution in [0.4, 0.5) is 10.2 Å². The van der Waals surface area contributed by atoms with Gasteiger partial charge in [0.2, 0.25) is 0 Å². The first-order chi connectivity index (χ1) is 5.33. The highest BCUT2D eigenvalue weighted by Crippen LogP contribution is 2.01. The zero-order valence-corrected chi connectivity index (χ0v) is 5.84. The quantitative estimate of drug-likeness (QED) is 0.642. The molecule has 0 aliphatic heterocycles. The van der Waals surface area contributed by atoms with E-state index in [4.69, 9.17) is 6.42 Å². The van der Waals surface area contributed by atoms with Crippen LogP contribution in [0.2, 0.25) is 0 Å². The van der Waals surface area contributed by atoms with E-state index >= 15 is 0 Å². The average Bonchev–Trinajstić information content (AvgIpc) is 2.04. The number of aromatic nitrogens is 1. The summed E-state index contributed by atoms with van der Waals surface area (Å²) in [6, 6.07) is 2.86. The highest BCUT2D eigenvalue weighted by atomic mass is 19.1. The molecule has 0 amide bonds. The molecule has 2 nitrogen and oxygen atoms in total. The van der Waals surface area contributed by atoms with Gasteiger partial charge in [-0.3, -0.25) is 0 Å². The second-order valence-electron chi connectivity index (χ2n) is 1.92. The first-order valence-corrected chi connectivity index (χ1v) is 3.12. The highest BCUT2D eigenvalue weighted by Gasteiger charge is 1.90. The van der Waals surface area contributed by atoms with Gasteiger partial charge in [0, 0.05) is 0 Å². The summed E-state index contributed by atoms with van der Waals surface area (Å²) in [4.78, 5) is 3.73. The smallest absolute Gasteiger partial charge is 0.141 e. The Hall–Kier alpha value is -1.56. The van der Waals surface area contributed by atoms with E-state index in [1.165, 1.54) is 12.1 Å². The molecular weight excluding hydrogens is 143 g/mol. The summed E-state index contributed by atoms with van der Waals surface area (Å²) in [5, 5.41) is 2.81. The molecule has 0 atom stereocenters. The number of hydrogen-bond acceptors (Lipinski definition) is 2. The molecule has 0 aliphatic carbocycles. The Morgan fingerprint density at radius 1 is 1.64 bits per heavy atom. The molecule has 0 unspecified atom stereocenters. The standard InChI is InChI=1S/C8H7FN2/c1-2-5-10-8-4-3-7(9)6-11-8/h1,3-4,6H,5H2,(H,10,11). The number of hydrogen-bond donors (Lipinski definition) is 1. The van der Waals surface area contributed by atoms with Gasteiger partial charge in [0.05, 0.1) is 12.7 Å². The van der Waals surface area contributed by atoms with Crippen molar-refractivity contribution >= 4 is 5.82 Å². The van der Waals surface area contributed by atoms with E-state index in [1.807, 2.05) is 0 Å². The van der Waals surface area contributed by atoms with Crippen LogP contribution >= 0.6 is 0 Å². The monoisotopic (exact) mass is 150 g/mol. The van der Waals surface area contributed by atoms with Crippen molar-refractivity contribution in [3.63, 3.8) is 0 Å². The number of pyridine rings is 1. The molecule has 0 radical (unpaired) electrons. The maximum Gasteiger partial charge on any atom is 0.141 e. The van der Waals surface area contributed by atoms with E-state index in [9.17, 15) is 4.39 Å². The fourth-order valence-corrected chi connectivity index (χ4v) is 0.622. The predicted molar refractivity (Wildman–Crippen MR) is 41.5 cm³/mol. The van der Waals surface area contributed by atoms with Gasteiger partial charge < -0.3 is 5.32 Å². The minimum Gasteiger partial charge on any atom is -0.359 e. The third-order valence-corrected chi connectivity index (χ3v) is 1.10. The summed E-state index contributed by atoms with van der Waals surface area (Å²) in [6.07, 6.45) is 6.13. The van der Waals surface area contributed by atoms with Crippen molar-refractivity contribution in [2.75, 3.05) is 11.9 Å². The number of nitrogens with zero attached hydrogens (tertiary/aromatic N) is 1. The molecule has 0 spiro atoms. The van der Waals surface area contributed by atoms with Crippen LogP contribution in [0.5, 0.6) is 0 Å².